The van der Waals surface area contributed by atoms with Gasteiger partial charge in [-0.25, -0.2) is 5.10 Å². The molecule has 0 spiro atoms. The summed E-state index contributed by atoms with van der Waals surface area (Å²) in [7, 11) is 0. The summed E-state index contributed by atoms with van der Waals surface area (Å²) in [5, 5.41) is 6.95. The number of rotatable bonds is 1. The van der Waals surface area contributed by atoms with E-state index >= 15 is 0 Å². The third-order valence-electron chi connectivity index (χ3n) is 5.26. The molecular weight excluding hydrogens is 212 g/mol. The van der Waals surface area contributed by atoms with Crippen LogP contribution < -0.4 is 5.56 Å². The number of aromatic amines is 1. The van der Waals surface area contributed by atoms with Crippen LogP contribution in [0.4, 0.5) is 0 Å². The van der Waals surface area contributed by atoms with Crippen LogP contribution in [-0.2, 0) is 5.41 Å². The van der Waals surface area contributed by atoms with Crippen LogP contribution in [0.1, 0.15) is 44.2 Å². The fourth-order valence-electron chi connectivity index (χ4n) is 5.06. The topological polar surface area (TPSA) is 45.8 Å². The molecule has 90 valence electrons. The van der Waals surface area contributed by atoms with E-state index in [9.17, 15) is 4.79 Å². The van der Waals surface area contributed by atoms with Crippen LogP contribution in [0.25, 0.3) is 0 Å². The van der Waals surface area contributed by atoms with Crippen LogP contribution in [0.5, 0.6) is 0 Å². The van der Waals surface area contributed by atoms with E-state index in [-0.39, 0.29) is 5.56 Å². The number of nitrogens with zero attached hydrogens (tertiary/aromatic N) is 1. The Bertz CT molecular complexity index is 449. The zero-order valence-electron chi connectivity index (χ0n) is 9.98. The van der Waals surface area contributed by atoms with Gasteiger partial charge in [0.05, 0.1) is 5.69 Å². The van der Waals surface area contributed by atoms with Crippen LogP contribution >= 0.6 is 0 Å². The average Bonchev–Trinajstić information content (AvgIpc) is 2.27. The molecule has 4 aliphatic rings. The van der Waals surface area contributed by atoms with Crippen LogP contribution in [0, 0.1) is 17.8 Å². The van der Waals surface area contributed by atoms with E-state index in [1.807, 2.05) is 6.07 Å². The highest BCUT2D eigenvalue weighted by atomic mass is 16.1. The van der Waals surface area contributed by atoms with E-state index in [0.717, 1.165) is 23.4 Å². The van der Waals surface area contributed by atoms with Gasteiger partial charge in [-0.05, 0) is 62.3 Å². The Morgan fingerprint density at radius 3 is 2.12 bits per heavy atom. The van der Waals surface area contributed by atoms with Crippen LogP contribution in [0.2, 0.25) is 0 Å². The minimum atomic E-state index is -0.0847. The normalized spacial score (nSPS) is 42.9. The molecule has 5 rings (SSSR count). The summed E-state index contributed by atoms with van der Waals surface area (Å²) in [4.78, 5) is 11.1. The minimum absolute atomic E-state index is 0.0847. The molecule has 0 radical (unpaired) electrons. The van der Waals surface area contributed by atoms with Crippen LogP contribution in [0.3, 0.4) is 0 Å². The van der Waals surface area contributed by atoms with E-state index in [1.165, 1.54) is 38.5 Å². The second-order valence-electron chi connectivity index (χ2n) is 6.50. The van der Waals surface area contributed by atoms with E-state index in [1.54, 1.807) is 6.07 Å². The molecule has 3 heteroatoms. The predicted molar refractivity (Wildman–Crippen MR) is 64.7 cm³/mol. The summed E-state index contributed by atoms with van der Waals surface area (Å²) in [6.45, 7) is 0. The molecule has 1 heterocycles. The first kappa shape index (κ1) is 9.86. The monoisotopic (exact) mass is 230 g/mol. The summed E-state index contributed by atoms with van der Waals surface area (Å²) < 4.78 is 0. The molecule has 0 unspecified atom stereocenters. The molecule has 0 aliphatic heterocycles. The average molecular weight is 230 g/mol. The van der Waals surface area contributed by atoms with Gasteiger partial charge in [-0.2, -0.15) is 5.10 Å². The first-order chi connectivity index (χ1) is 8.23. The lowest BCUT2D eigenvalue weighted by Crippen LogP contribution is -2.49. The Morgan fingerprint density at radius 2 is 1.65 bits per heavy atom. The Hall–Kier alpha value is -1.12. The fourth-order valence-corrected chi connectivity index (χ4v) is 5.06. The molecule has 1 N–H and O–H groups in total. The van der Waals surface area contributed by atoms with Crippen molar-refractivity contribution in [3.8, 4) is 0 Å². The summed E-state index contributed by atoms with van der Waals surface area (Å²) in [5.74, 6) is 2.78. The van der Waals surface area contributed by atoms with Crippen molar-refractivity contribution in [2.75, 3.05) is 0 Å². The molecule has 17 heavy (non-hydrogen) atoms. The third kappa shape index (κ3) is 1.41. The van der Waals surface area contributed by atoms with Gasteiger partial charge in [0.1, 0.15) is 0 Å². The molecule has 0 amide bonds. The van der Waals surface area contributed by atoms with Gasteiger partial charge in [0.25, 0.3) is 5.56 Å². The first-order valence-corrected chi connectivity index (χ1v) is 6.80. The van der Waals surface area contributed by atoms with Crippen molar-refractivity contribution in [1.82, 2.24) is 10.2 Å². The maximum atomic E-state index is 11.1. The van der Waals surface area contributed by atoms with E-state index in [2.05, 4.69) is 10.2 Å². The number of nitrogens with one attached hydrogen (secondary N) is 1. The lowest BCUT2D eigenvalue weighted by atomic mass is 9.49. The summed E-state index contributed by atoms with van der Waals surface area (Å²) in [6, 6.07) is 3.60. The SMILES string of the molecule is O=c1ccc(C23CC4CC(CC(C4)C2)C3)n[nH]1. The molecule has 3 nitrogen and oxygen atoms in total. The molecule has 0 atom stereocenters. The summed E-state index contributed by atoms with van der Waals surface area (Å²) in [6.07, 6.45) is 8.25. The molecule has 4 aliphatic carbocycles. The van der Waals surface area contributed by atoms with Gasteiger partial charge >= 0.3 is 0 Å². The summed E-state index contributed by atoms with van der Waals surface area (Å²) >= 11 is 0. The van der Waals surface area contributed by atoms with Crippen molar-refractivity contribution < 1.29 is 0 Å². The Morgan fingerprint density at radius 1 is 1.06 bits per heavy atom. The van der Waals surface area contributed by atoms with Gasteiger partial charge in [0, 0.05) is 11.5 Å². The molecule has 0 aromatic carbocycles. The molecular formula is C14H18N2O. The lowest BCUT2D eigenvalue weighted by molar-refractivity contribution is -0.00762. The molecule has 4 bridgehead atoms. The van der Waals surface area contributed by atoms with Crippen molar-refractivity contribution in [3.05, 3.63) is 28.2 Å². The first-order valence-electron chi connectivity index (χ1n) is 6.80. The van der Waals surface area contributed by atoms with Gasteiger partial charge in [0.15, 0.2) is 0 Å². The molecule has 1 aromatic rings. The minimum Gasteiger partial charge on any atom is -0.268 e. The van der Waals surface area contributed by atoms with Crippen molar-refractivity contribution in [3.63, 3.8) is 0 Å². The smallest absolute Gasteiger partial charge is 0.264 e. The lowest BCUT2D eigenvalue weighted by Gasteiger charge is -2.56. The summed E-state index contributed by atoms with van der Waals surface area (Å²) in [5.41, 5.74) is 1.37. The van der Waals surface area contributed by atoms with Crippen molar-refractivity contribution in [2.45, 2.75) is 43.9 Å². The van der Waals surface area contributed by atoms with Gasteiger partial charge in [-0.3, -0.25) is 4.79 Å². The molecule has 4 fully saturated rings. The molecule has 4 saturated carbocycles. The highest BCUT2D eigenvalue weighted by Gasteiger charge is 2.52. The Kier molecular flexibility index (Phi) is 1.86. The largest absolute Gasteiger partial charge is 0.268 e. The number of H-pyrrole nitrogens is 1. The zero-order chi connectivity index (χ0) is 11.5. The number of aromatic nitrogens is 2. The van der Waals surface area contributed by atoms with Gasteiger partial charge in [0.2, 0.25) is 0 Å². The van der Waals surface area contributed by atoms with E-state index in [4.69, 9.17) is 0 Å². The van der Waals surface area contributed by atoms with E-state index < -0.39 is 0 Å². The quantitative estimate of drug-likeness (QED) is 0.804. The van der Waals surface area contributed by atoms with E-state index in [0.29, 0.717) is 5.41 Å². The highest BCUT2D eigenvalue weighted by molar-refractivity contribution is 5.21. The zero-order valence-corrected chi connectivity index (χ0v) is 9.98. The molecule has 0 saturated heterocycles. The van der Waals surface area contributed by atoms with Crippen molar-refractivity contribution >= 4 is 0 Å². The van der Waals surface area contributed by atoms with Crippen LogP contribution in [0.15, 0.2) is 16.9 Å². The van der Waals surface area contributed by atoms with Crippen molar-refractivity contribution in [1.29, 1.82) is 0 Å². The third-order valence-corrected chi connectivity index (χ3v) is 5.26. The maximum absolute atomic E-state index is 11.1. The predicted octanol–water partition coefficient (Wildman–Crippen LogP) is 2.24. The standard InChI is InChI=1S/C14H18N2O/c17-13-2-1-12(15-16-13)14-6-9-3-10(7-14)5-11(4-9)8-14/h1-2,9-11H,3-8H2,(H,16,17). The van der Waals surface area contributed by atoms with Gasteiger partial charge in [-0.1, -0.05) is 0 Å². The second kappa shape index (κ2) is 3.21. The Balaban J connectivity index is 1.77. The number of hydrogen-bond donors (Lipinski definition) is 1. The van der Waals surface area contributed by atoms with Gasteiger partial charge in [-0.15, -0.1) is 0 Å². The second-order valence-corrected chi connectivity index (χ2v) is 6.50. The number of hydrogen-bond acceptors (Lipinski definition) is 2. The molecule has 1 aromatic heterocycles. The van der Waals surface area contributed by atoms with Gasteiger partial charge < -0.3 is 0 Å². The van der Waals surface area contributed by atoms with Crippen LogP contribution in [-0.4, -0.2) is 10.2 Å². The fraction of sp³-hybridized carbons (Fsp3) is 0.714. The maximum Gasteiger partial charge on any atom is 0.264 e. The van der Waals surface area contributed by atoms with Crippen molar-refractivity contribution in [2.24, 2.45) is 17.8 Å². The highest BCUT2D eigenvalue weighted by Crippen LogP contribution is 2.60. The Labute approximate surface area is 101 Å².